The normalized spacial score (nSPS) is 19.6. The summed E-state index contributed by atoms with van der Waals surface area (Å²) in [4.78, 5) is 4.70. The zero-order chi connectivity index (χ0) is 14.5. The summed E-state index contributed by atoms with van der Waals surface area (Å²) in [5.41, 5.74) is 0. The lowest BCUT2D eigenvalue weighted by Crippen LogP contribution is -2.40. The summed E-state index contributed by atoms with van der Waals surface area (Å²) in [5, 5.41) is 9.42. The Labute approximate surface area is 129 Å². The van der Waals surface area contributed by atoms with Gasteiger partial charge in [-0.2, -0.15) is 0 Å². The smallest absolute Gasteiger partial charge is 0.169 e. The highest BCUT2D eigenvalue weighted by molar-refractivity contribution is 9.10. The summed E-state index contributed by atoms with van der Waals surface area (Å²) in [6, 6.07) is 3.96. The molecule has 0 spiro atoms. The first-order valence-electron chi connectivity index (χ1n) is 7.36. The number of nitrogens with zero attached hydrogens (tertiary/aromatic N) is 2. The molecule has 2 heterocycles. The number of aliphatic hydroxyl groups is 1. The Bertz CT molecular complexity index is 400. The maximum Gasteiger partial charge on any atom is 0.169 e. The van der Waals surface area contributed by atoms with E-state index in [1.54, 1.807) is 0 Å². The van der Waals surface area contributed by atoms with Gasteiger partial charge in [-0.25, -0.2) is 0 Å². The first-order valence-corrected chi connectivity index (χ1v) is 8.15. The monoisotopic (exact) mass is 344 g/mol. The van der Waals surface area contributed by atoms with Gasteiger partial charge >= 0.3 is 0 Å². The molecule has 0 amide bonds. The minimum Gasteiger partial charge on any atom is -0.453 e. The van der Waals surface area contributed by atoms with Crippen LogP contribution in [0.1, 0.15) is 25.5 Å². The molecule has 4 nitrogen and oxygen atoms in total. The fraction of sp³-hybridized carbons (Fsp3) is 0.733. The van der Waals surface area contributed by atoms with Crippen molar-refractivity contribution in [3.8, 4) is 0 Å². The number of furan rings is 1. The Hall–Kier alpha value is -0.360. The van der Waals surface area contributed by atoms with E-state index in [2.05, 4.69) is 32.8 Å². The number of hydrogen-bond acceptors (Lipinski definition) is 4. The zero-order valence-corrected chi connectivity index (χ0v) is 14.0. The Balaban J connectivity index is 1.69. The van der Waals surface area contributed by atoms with Gasteiger partial charge in [0.15, 0.2) is 4.67 Å². The predicted molar refractivity (Wildman–Crippen MR) is 83.6 cm³/mol. The summed E-state index contributed by atoms with van der Waals surface area (Å²) < 4.78 is 6.34. The molecule has 0 radical (unpaired) electrons. The molecule has 2 rings (SSSR count). The molecule has 1 fully saturated rings. The van der Waals surface area contributed by atoms with E-state index in [0.717, 1.165) is 49.1 Å². The van der Waals surface area contributed by atoms with E-state index in [1.165, 1.54) is 12.8 Å². The summed E-state index contributed by atoms with van der Waals surface area (Å²) >= 11 is 3.34. The van der Waals surface area contributed by atoms with Crippen LogP contribution >= 0.6 is 15.9 Å². The van der Waals surface area contributed by atoms with E-state index >= 15 is 0 Å². The molecule has 1 saturated heterocycles. The number of piperidine rings is 1. The number of likely N-dealkylation sites (tertiary alicyclic amines) is 1. The third-order valence-electron chi connectivity index (χ3n) is 3.85. The number of halogens is 1. The number of aliphatic hydroxyl groups excluding tert-OH is 1. The van der Waals surface area contributed by atoms with Crippen LogP contribution < -0.4 is 0 Å². The van der Waals surface area contributed by atoms with Crippen LogP contribution in [0.2, 0.25) is 0 Å². The van der Waals surface area contributed by atoms with E-state index in [9.17, 15) is 5.11 Å². The molecule has 114 valence electrons. The van der Waals surface area contributed by atoms with Crippen molar-refractivity contribution in [3.63, 3.8) is 0 Å². The molecule has 0 aromatic carbocycles. The molecular formula is C15H25BrN2O2. The van der Waals surface area contributed by atoms with E-state index in [0.29, 0.717) is 0 Å². The second-order valence-electron chi connectivity index (χ2n) is 6.00. The number of hydrogen-bond donors (Lipinski definition) is 1. The lowest BCUT2D eigenvalue weighted by atomic mass is 9.96. The van der Waals surface area contributed by atoms with Crippen LogP contribution in [0.25, 0.3) is 0 Å². The molecule has 0 bridgehead atoms. The summed E-state index contributed by atoms with van der Waals surface area (Å²) in [6.45, 7) is 6.86. The maximum absolute atomic E-state index is 9.42. The molecule has 1 aliphatic heterocycles. The molecule has 1 N–H and O–H groups in total. The van der Waals surface area contributed by atoms with Crippen molar-refractivity contribution in [1.82, 2.24) is 9.80 Å². The third-order valence-corrected chi connectivity index (χ3v) is 4.28. The van der Waals surface area contributed by atoms with Crippen molar-refractivity contribution in [2.24, 2.45) is 5.92 Å². The van der Waals surface area contributed by atoms with Crippen LogP contribution in [0.3, 0.4) is 0 Å². The predicted octanol–water partition coefficient (Wildman–Crippen LogP) is 2.57. The van der Waals surface area contributed by atoms with Gasteiger partial charge in [0.1, 0.15) is 5.76 Å². The van der Waals surface area contributed by atoms with Crippen LogP contribution in [0, 0.1) is 5.92 Å². The molecule has 1 aliphatic rings. The molecule has 0 unspecified atom stereocenters. The summed E-state index contributed by atoms with van der Waals surface area (Å²) in [7, 11) is 2.15. The van der Waals surface area contributed by atoms with E-state index in [1.807, 2.05) is 19.1 Å². The number of rotatable bonds is 6. The first kappa shape index (κ1) is 16.0. The van der Waals surface area contributed by atoms with Crippen molar-refractivity contribution >= 4 is 15.9 Å². The Morgan fingerprint density at radius 3 is 2.70 bits per heavy atom. The first-order chi connectivity index (χ1) is 9.52. The lowest BCUT2D eigenvalue weighted by Gasteiger charge is -2.34. The fourth-order valence-corrected chi connectivity index (χ4v) is 3.27. The molecule has 5 heteroatoms. The van der Waals surface area contributed by atoms with Gasteiger partial charge in [-0.15, -0.1) is 0 Å². The largest absolute Gasteiger partial charge is 0.453 e. The van der Waals surface area contributed by atoms with E-state index in [-0.39, 0.29) is 6.10 Å². The van der Waals surface area contributed by atoms with Gasteiger partial charge in [0, 0.05) is 13.1 Å². The zero-order valence-electron chi connectivity index (χ0n) is 12.4. The minimum atomic E-state index is -0.216. The molecule has 1 atom stereocenters. The topological polar surface area (TPSA) is 39.9 Å². The maximum atomic E-state index is 9.42. The molecule has 1 aromatic rings. The standard InChI is InChI=1S/C15H25BrN2O2/c1-12(19)9-18-7-5-13(6-8-18)10-17(2)11-14-3-4-15(16)20-14/h3-4,12-13,19H,5-11H2,1-2H3/t12-/m0/s1. The van der Waals surface area contributed by atoms with Crippen molar-refractivity contribution < 1.29 is 9.52 Å². The summed E-state index contributed by atoms with van der Waals surface area (Å²) in [6.07, 6.45) is 2.23. The average Bonchev–Trinajstić information content (AvgIpc) is 2.76. The highest BCUT2D eigenvalue weighted by Crippen LogP contribution is 2.20. The van der Waals surface area contributed by atoms with Gasteiger partial charge < -0.3 is 14.4 Å². The van der Waals surface area contributed by atoms with E-state index in [4.69, 9.17) is 4.42 Å². The van der Waals surface area contributed by atoms with Crippen molar-refractivity contribution in [1.29, 1.82) is 0 Å². The SMILES string of the molecule is C[C@H](O)CN1CCC(CN(C)Cc2ccc(Br)o2)CC1. The van der Waals surface area contributed by atoms with Crippen molar-refractivity contribution in [2.75, 3.05) is 33.2 Å². The van der Waals surface area contributed by atoms with E-state index < -0.39 is 0 Å². The van der Waals surface area contributed by atoms with Gasteiger partial charge in [0.25, 0.3) is 0 Å². The van der Waals surface area contributed by atoms with Crippen LogP contribution in [-0.4, -0.2) is 54.2 Å². The van der Waals surface area contributed by atoms with Gasteiger partial charge in [-0.3, -0.25) is 4.90 Å². The lowest BCUT2D eigenvalue weighted by molar-refractivity contribution is 0.0912. The Morgan fingerprint density at radius 1 is 1.45 bits per heavy atom. The van der Waals surface area contributed by atoms with Crippen LogP contribution in [0.15, 0.2) is 21.2 Å². The molecule has 0 aliphatic carbocycles. The van der Waals surface area contributed by atoms with Crippen molar-refractivity contribution in [3.05, 3.63) is 22.6 Å². The Morgan fingerprint density at radius 2 is 2.15 bits per heavy atom. The minimum absolute atomic E-state index is 0.216. The molecular weight excluding hydrogens is 320 g/mol. The van der Waals surface area contributed by atoms with Gasteiger partial charge in [0.2, 0.25) is 0 Å². The summed E-state index contributed by atoms with van der Waals surface area (Å²) in [5.74, 6) is 1.76. The third kappa shape index (κ3) is 5.20. The second-order valence-corrected chi connectivity index (χ2v) is 6.78. The van der Waals surface area contributed by atoms with Crippen LogP contribution in [0.5, 0.6) is 0 Å². The quantitative estimate of drug-likeness (QED) is 0.860. The van der Waals surface area contributed by atoms with Gasteiger partial charge in [0.05, 0.1) is 12.6 Å². The van der Waals surface area contributed by atoms with Gasteiger partial charge in [-0.05, 0) is 73.9 Å². The highest BCUT2D eigenvalue weighted by atomic mass is 79.9. The van der Waals surface area contributed by atoms with Crippen LogP contribution in [0.4, 0.5) is 0 Å². The molecule has 0 saturated carbocycles. The van der Waals surface area contributed by atoms with Crippen LogP contribution in [-0.2, 0) is 6.54 Å². The second kappa shape index (κ2) is 7.59. The molecule has 1 aromatic heterocycles. The van der Waals surface area contributed by atoms with Gasteiger partial charge in [-0.1, -0.05) is 0 Å². The molecule has 20 heavy (non-hydrogen) atoms. The number of β-amino-alcohol motifs (C(OH)–C–C–N with tert-alkyl or cyclic N) is 1. The average molecular weight is 345 g/mol. The highest BCUT2D eigenvalue weighted by Gasteiger charge is 2.21. The Kier molecular flexibility index (Phi) is 6.08. The fourth-order valence-electron chi connectivity index (χ4n) is 2.93. The van der Waals surface area contributed by atoms with Crippen molar-refractivity contribution in [2.45, 2.75) is 32.4 Å².